The van der Waals surface area contributed by atoms with E-state index in [1.165, 1.54) is 18.2 Å². The average Bonchev–Trinajstić information content (AvgIpc) is 4.18. The summed E-state index contributed by atoms with van der Waals surface area (Å²) >= 11 is -0.500. The molecule has 0 saturated carbocycles. The van der Waals surface area contributed by atoms with E-state index in [1.54, 1.807) is 34.6 Å². The van der Waals surface area contributed by atoms with E-state index in [9.17, 15) is 59.1 Å². The molecule has 0 aliphatic carbocycles. The average molecular weight is 1130 g/mol. The van der Waals surface area contributed by atoms with Crippen molar-refractivity contribution in [2.24, 2.45) is 0 Å². The van der Waals surface area contributed by atoms with Gasteiger partial charge < -0.3 is 9.84 Å². The first-order valence-corrected chi connectivity index (χ1v) is 26.7. The molecule has 6 N–H and O–H groups in total. The van der Waals surface area contributed by atoms with E-state index >= 15 is 0 Å². The number of carboxylic acid groups (broad SMARTS) is 1. The van der Waals surface area contributed by atoms with Crippen molar-refractivity contribution < 1.29 is 82.7 Å². The van der Waals surface area contributed by atoms with E-state index in [-0.39, 0.29) is 107 Å². The van der Waals surface area contributed by atoms with Gasteiger partial charge in [-0.1, -0.05) is 13.0 Å². The first-order chi connectivity index (χ1) is 36.9. The Labute approximate surface area is 445 Å². The van der Waals surface area contributed by atoms with Crippen molar-refractivity contribution in [3.8, 4) is 17.1 Å². The number of carbonyl (C=O) groups is 6. The van der Waals surface area contributed by atoms with Crippen LogP contribution in [0.25, 0.3) is 31.9 Å². The standard InChI is InChI=1S/C53H57N5O18Se/c1-4-53(70)35-22-37-42-33(24-58(37)48(65)34(35)26-73-51(53)68)30(31-7-5-6-8-36(31)55-42)13-15-56(27(2)3)52(69)74-25-28-9-10-38(75-50-45(64)43(62)44(63)46(76-50)49(66)67)32-21-29(77-47(28)32)23-54-39(59)14-17-71-19-20-72-18-16-57-40(60)11-12-41(57)61/h5-12,21-22,27,43-46,50,62-64,70H,4,13-20,23-26H2,1-3H3,(H,54,59)(H,66,67)/t43-,44-,45+,46-,50+,53+/m0/s1. The molecule has 1 saturated heterocycles. The number of aromatic nitrogens is 2. The molecule has 408 valence electrons. The number of nitrogens with zero attached hydrogens (tertiary/aromatic N) is 4. The molecule has 3 aromatic heterocycles. The molecule has 6 atom stereocenters. The number of amides is 4. The summed E-state index contributed by atoms with van der Waals surface area (Å²) in [6, 6.07) is 13.8. The van der Waals surface area contributed by atoms with Crippen molar-refractivity contribution in [2.45, 2.75) is 109 Å². The third kappa shape index (κ3) is 11.0. The quantitative estimate of drug-likeness (QED) is 0.0255. The number of ether oxygens (including phenoxy) is 6. The Kier molecular flexibility index (Phi) is 16.4. The van der Waals surface area contributed by atoms with Crippen molar-refractivity contribution in [3.05, 3.63) is 103 Å². The molecule has 5 aromatic rings. The number of para-hydroxylation sites is 1. The van der Waals surface area contributed by atoms with E-state index in [1.807, 2.05) is 38.1 Å². The van der Waals surface area contributed by atoms with Gasteiger partial charge in [-0.3, -0.25) is 19.3 Å². The summed E-state index contributed by atoms with van der Waals surface area (Å²) in [5.41, 5.74) is 1.85. The van der Waals surface area contributed by atoms with Crippen LogP contribution in [-0.2, 0) is 86.0 Å². The van der Waals surface area contributed by atoms with E-state index in [2.05, 4.69) is 5.32 Å². The number of fused-ring (bicyclic) bond motifs is 6. The molecule has 7 heterocycles. The van der Waals surface area contributed by atoms with Gasteiger partial charge in [-0.2, -0.15) is 0 Å². The molecule has 77 heavy (non-hydrogen) atoms. The second-order valence-corrected chi connectivity index (χ2v) is 21.5. The van der Waals surface area contributed by atoms with Crippen LogP contribution in [0, 0.1) is 0 Å². The summed E-state index contributed by atoms with van der Waals surface area (Å²) < 4.78 is 36.7. The zero-order chi connectivity index (χ0) is 54.9. The number of hydrogen-bond acceptors (Lipinski definition) is 18. The van der Waals surface area contributed by atoms with Gasteiger partial charge in [0.2, 0.25) is 0 Å². The molecule has 24 heteroatoms. The minimum absolute atomic E-state index is 0.00260. The Morgan fingerprint density at radius 2 is 1.68 bits per heavy atom. The van der Waals surface area contributed by atoms with Gasteiger partial charge in [0.15, 0.2) is 5.60 Å². The van der Waals surface area contributed by atoms with Crippen LogP contribution < -0.4 is 15.6 Å². The van der Waals surface area contributed by atoms with Crippen LogP contribution in [0.2, 0.25) is 0 Å². The fourth-order valence-corrected chi connectivity index (χ4v) is 12.1. The maximum absolute atomic E-state index is 14.2. The predicted molar refractivity (Wildman–Crippen MR) is 270 cm³/mol. The molecule has 0 radical (unpaired) electrons. The first-order valence-electron chi connectivity index (χ1n) is 25.0. The number of imide groups is 1. The number of esters is 1. The molecule has 0 spiro atoms. The number of carbonyl (C=O) groups excluding carboxylic acids is 5. The van der Waals surface area contributed by atoms with Gasteiger partial charge in [-0.25, -0.2) is 4.79 Å². The van der Waals surface area contributed by atoms with Gasteiger partial charge in [-0.15, -0.1) is 0 Å². The second kappa shape index (κ2) is 23.0. The molecule has 1 fully saturated rings. The predicted octanol–water partition coefficient (Wildman–Crippen LogP) is 1.12. The van der Waals surface area contributed by atoms with Crippen molar-refractivity contribution >= 4 is 70.8 Å². The third-order valence-corrected chi connectivity index (χ3v) is 16.6. The Balaban J connectivity index is 0.892. The number of aliphatic hydroxyl groups is 4. The van der Waals surface area contributed by atoms with Gasteiger partial charge in [0, 0.05) is 17.7 Å². The summed E-state index contributed by atoms with van der Waals surface area (Å²) in [5.74, 6) is -3.40. The van der Waals surface area contributed by atoms with Crippen LogP contribution in [0.5, 0.6) is 5.75 Å². The molecule has 0 bridgehead atoms. The Bertz CT molecular complexity index is 3230. The summed E-state index contributed by atoms with van der Waals surface area (Å²) in [6.45, 7) is 6.01. The molecule has 9 rings (SSSR count). The number of carboxylic acids is 1. The van der Waals surface area contributed by atoms with E-state index in [0.29, 0.717) is 38.5 Å². The van der Waals surface area contributed by atoms with Crippen molar-refractivity contribution in [1.82, 2.24) is 24.7 Å². The van der Waals surface area contributed by atoms with Gasteiger partial charge >= 0.3 is 335 Å². The zero-order valence-electron chi connectivity index (χ0n) is 42.2. The Hall–Kier alpha value is -6.86. The Morgan fingerprint density at radius 3 is 2.40 bits per heavy atom. The molecule has 23 nitrogen and oxygen atoms in total. The zero-order valence-corrected chi connectivity index (χ0v) is 43.9. The van der Waals surface area contributed by atoms with Crippen LogP contribution in [0.15, 0.2) is 65.5 Å². The summed E-state index contributed by atoms with van der Waals surface area (Å²) in [4.78, 5) is 96.8. The normalized spacial score (nSPS) is 21.6. The molecule has 2 aromatic carbocycles. The van der Waals surface area contributed by atoms with Crippen LogP contribution in [0.4, 0.5) is 4.79 Å². The summed E-state index contributed by atoms with van der Waals surface area (Å²) in [7, 11) is 0. The van der Waals surface area contributed by atoms with Crippen LogP contribution in [0.1, 0.15) is 65.9 Å². The number of nitrogens with one attached hydrogen (secondary N) is 1. The van der Waals surface area contributed by atoms with Crippen LogP contribution in [-0.4, -0.2) is 171 Å². The van der Waals surface area contributed by atoms with Crippen LogP contribution >= 0.6 is 0 Å². The van der Waals surface area contributed by atoms with Crippen molar-refractivity contribution in [1.29, 1.82) is 0 Å². The topological polar surface area (TPSA) is 312 Å². The fourth-order valence-electron chi connectivity index (χ4n) is 9.77. The van der Waals surface area contributed by atoms with Gasteiger partial charge in [0.05, 0.1) is 5.56 Å². The van der Waals surface area contributed by atoms with Crippen molar-refractivity contribution in [2.75, 3.05) is 39.5 Å². The number of hydrogen-bond donors (Lipinski definition) is 6. The monoisotopic (exact) mass is 1130 g/mol. The number of pyridine rings is 2. The number of aliphatic hydroxyl groups excluding tert-OH is 3. The number of cyclic esters (lactones) is 1. The van der Waals surface area contributed by atoms with E-state index in [0.717, 1.165) is 25.9 Å². The number of rotatable bonds is 21. The maximum atomic E-state index is 14.2. The second-order valence-electron chi connectivity index (χ2n) is 19.1. The molecule has 4 aliphatic rings. The molecular formula is C53H57N5O18Se. The van der Waals surface area contributed by atoms with E-state index < -0.39 is 86.2 Å². The SMILES string of the molecule is CC[C@]1(O)C(=O)OCc2c1cc1n(c2=O)Cc2c-1nc1ccccc1c2CCN(C(=O)OCc1ccc(O[C@@H]2O[C@H](C(=O)O)[C@@H](O)[C@H](O)[C@H]2O)c2cc(CNC(=O)CCOCCOCCN3C(=O)C=CC3=O)[se]c12)C(C)C. The third-order valence-electron chi connectivity index (χ3n) is 14.0. The molecule has 4 amide bonds. The molecule has 0 unspecified atom stereocenters. The van der Waals surface area contributed by atoms with Crippen LogP contribution in [0.3, 0.4) is 0 Å². The first kappa shape index (κ1) is 54.9. The Morgan fingerprint density at radius 1 is 0.935 bits per heavy atom. The molecular weight excluding hydrogens is 1070 g/mol. The summed E-state index contributed by atoms with van der Waals surface area (Å²) in [5, 5.41) is 56.8. The fraction of sp³-hybridized carbons (Fsp3) is 0.434. The summed E-state index contributed by atoms with van der Waals surface area (Å²) in [6.07, 6.45) is -7.21. The van der Waals surface area contributed by atoms with Crippen molar-refractivity contribution in [3.63, 3.8) is 0 Å². The minimum atomic E-state index is -1.99. The number of benzene rings is 2. The van der Waals surface area contributed by atoms with Gasteiger partial charge in [-0.05, 0) is 12.5 Å². The number of aliphatic carboxylic acids is 1. The molecule has 4 aliphatic heterocycles. The van der Waals surface area contributed by atoms with Gasteiger partial charge in [0.1, 0.15) is 6.61 Å². The van der Waals surface area contributed by atoms with Gasteiger partial charge in [0.25, 0.3) is 17.4 Å². The van der Waals surface area contributed by atoms with E-state index in [4.69, 9.17) is 33.4 Å².